The first-order chi connectivity index (χ1) is 11.3. The van der Waals surface area contributed by atoms with Crippen LogP contribution in [0.2, 0.25) is 0 Å². The summed E-state index contributed by atoms with van der Waals surface area (Å²) in [5.41, 5.74) is 3.33. The largest absolute Gasteiger partial charge is 0.493 e. The van der Waals surface area contributed by atoms with Crippen LogP contribution >= 0.6 is 0 Å². The Hall–Kier alpha value is -2.24. The van der Waals surface area contributed by atoms with Gasteiger partial charge in [0, 0.05) is 12.0 Å². The van der Waals surface area contributed by atoms with Crippen LogP contribution in [0.4, 0.5) is 0 Å². The fourth-order valence-electron chi connectivity index (χ4n) is 3.07. The minimum atomic E-state index is -0.520. The van der Waals surface area contributed by atoms with Crippen molar-refractivity contribution in [3.63, 3.8) is 0 Å². The lowest BCUT2D eigenvalue weighted by atomic mass is 9.94. The van der Waals surface area contributed by atoms with E-state index in [1.165, 1.54) is 0 Å². The lowest BCUT2D eigenvalue weighted by Crippen LogP contribution is -2.16. The summed E-state index contributed by atoms with van der Waals surface area (Å²) in [4.78, 5) is 0. The van der Waals surface area contributed by atoms with Crippen LogP contribution in [-0.2, 0) is 6.61 Å². The number of aliphatic hydroxyl groups excluding tert-OH is 2. The molecule has 0 saturated carbocycles. The van der Waals surface area contributed by atoms with Crippen LogP contribution in [0, 0.1) is 0 Å². The normalized spacial score (nSPS) is 19.0. The summed E-state index contributed by atoms with van der Waals surface area (Å²) in [5.74, 6) is 2.05. The SMILES string of the molecule is OCc1cc2c(cc1-c1ccc3c(c1)C(O)CCO3)OCCO2. The third-order valence-electron chi connectivity index (χ3n) is 4.27. The molecule has 0 amide bonds. The fourth-order valence-corrected chi connectivity index (χ4v) is 3.07. The van der Waals surface area contributed by atoms with Gasteiger partial charge in [0.25, 0.3) is 0 Å². The Morgan fingerprint density at radius 2 is 1.65 bits per heavy atom. The maximum Gasteiger partial charge on any atom is 0.162 e. The Balaban J connectivity index is 1.82. The van der Waals surface area contributed by atoms with Gasteiger partial charge in [-0.15, -0.1) is 0 Å². The van der Waals surface area contributed by atoms with Crippen LogP contribution < -0.4 is 14.2 Å². The topological polar surface area (TPSA) is 68.2 Å². The summed E-state index contributed by atoms with van der Waals surface area (Å²) in [6.45, 7) is 1.46. The summed E-state index contributed by atoms with van der Waals surface area (Å²) < 4.78 is 16.8. The zero-order valence-electron chi connectivity index (χ0n) is 12.6. The Morgan fingerprint density at radius 3 is 2.43 bits per heavy atom. The Labute approximate surface area is 134 Å². The van der Waals surface area contributed by atoms with Gasteiger partial charge in [0.15, 0.2) is 11.5 Å². The van der Waals surface area contributed by atoms with Gasteiger partial charge in [0.2, 0.25) is 0 Å². The maximum atomic E-state index is 10.2. The second kappa shape index (κ2) is 5.76. The summed E-state index contributed by atoms with van der Waals surface area (Å²) in [5, 5.41) is 19.9. The average molecular weight is 314 g/mol. The van der Waals surface area contributed by atoms with E-state index in [1.807, 2.05) is 30.3 Å². The van der Waals surface area contributed by atoms with E-state index in [0.29, 0.717) is 37.7 Å². The number of fused-ring (bicyclic) bond motifs is 2. The maximum absolute atomic E-state index is 10.2. The fraction of sp³-hybridized carbons (Fsp3) is 0.333. The van der Waals surface area contributed by atoms with Crippen molar-refractivity contribution in [2.75, 3.05) is 19.8 Å². The van der Waals surface area contributed by atoms with Crippen LogP contribution in [0.1, 0.15) is 23.7 Å². The Morgan fingerprint density at radius 1 is 0.913 bits per heavy atom. The number of rotatable bonds is 2. The molecule has 0 aliphatic carbocycles. The van der Waals surface area contributed by atoms with Crippen molar-refractivity contribution in [1.82, 2.24) is 0 Å². The molecule has 0 spiro atoms. The average Bonchev–Trinajstić information content (AvgIpc) is 2.60. The molecule has 0 bridgehead atoms. The molecule has 1 atom stereocenters. The molecular formula is C18H18O5. The molecule has 120 valence electrons. The van der Waals surface area contributed by atoms with E-state index in [1.54, 1.807) is 0 Å². The molecule has 5 heteroatoms. The van der Waals surface area contributed by atoms with E-state index >= 15 is 0 Å². The molecule has 2 aromatic carbocycles. The molecule has 23 heavy (non-hydrogen) atoms. The number of hydrogen-bond donors (Lipinski definition) is 2. The second-order valence-electron chi connectivity index (χ2n) is 5.72. The van der Waals surface area contributed by atoms with Crippen molar-refractivity contribution in [2.24, 2.45) is 0 Å². The van der Waals surface area contributed by atoms with Gasteiger partial charge in [-0.1, -0.05) is 6.07 Å². The summed E-state index contributed by atoms with van der Waals surface area (Å²) >= 11 is 0. The van der Waals surface area contributed by atoms with Gasteiger partial charge in [-0.25, -0.2) is 0 Å². The molecule has 2 N–H and O–H groups in total. The minimum absolute atomic E-state index is 0.0951. The molecule has 2 aromatic rings. The highest BCUT2D eigenvalue weighted by molar-refractivity contribution is 5.73. The number of aliphatic hydroxyl groups is 2. The van der Waals surface area contributed by atoms with Gasteiger partial charge < -0.3 is 24.4 Å². The van der Waals surface area contributed by atoms with Crippen molar-refractivity contribution >= 4 is 0 Å². The van der Waals surface area contributed by atoms with E-state index in [9.17, 15) is 10.2 Å². The molecule has 1 unspecified atom stereocenters. The van der Waals surface area contributed by atoms with Gasteiger partial charge in [0.1, 0.15) is 19.0 Å². The minimum Gasteiger partial charge on any atom is -0.493 e. The van der Waals surface area contributed by atoms with Crippen molar-refractivity contribution in [3.05, 3.63) is 41.5 Å². The van der Waals surface area contributed by atoms with Crippen LogP contribution in [0.15, 0.2) is 30.3 Å². The van der Waals surface area contributed by atoms with E-state index < -0.39 is 6.10 Å². The van der Waals surface area contributed by atoms with Gasteiger partial charge in [-0.05, 0) is 41.0 Å². The lowest BCUT2D eigenvalue weighted by molar-refractivity contribution is 0.115. The quantitative estimate of drug-likeness (QED) is 0.891. The molecule has 0 radical (unpaired) electrons. The van der Waals surface area contributed by atoms with Gasteiger partial charge >= 0.3 is 0 Å². The molecule has 2 aliphatic heterocycles. The second-order valence-corrected chi connectivity index (χ2v) is 5.72. The van der Waals surface area contributed by atoms with Crippen molar-refractivity contribution in [3.8, 4) is 28.4 Å². The van der Waals surface area contributed by atoms with Crippen molar-refractivity contribution in [1.29, 1.82) is 0 Å². The number of ether oxygens (including phenoxy) is 3. The molecule has 0 saturated heterocycles. The molecule has 0 fully saturated rings. The van der Waals surface area contributed by atoms with E-state index in [4.69, 9.17) is 14.2 Å². The lowest BCUT2D eigenvalue weighted by Gasteiger charge is -2.24. The van der Waals surface area contributed by atoms with Gasteiger partial charge in [0.05, 0.1) is 19.3 Å². The third kappa shape index (κ3) is 2.52. The highest BCUT2D eigenvalue weighted by atomic mass is 16.6. The summed E-state index contributed by atoms with van der Waals surface area (Å²) in [7, 11) is 0. The highest BCUT2D eigenvalue weighted by Crippen LogP contribution is 2.40. The molecular weight excluding hydrogens is 296 g/mol. The zero-order chi connectivity index (χ0) is 15.8. The smallest absolute Gasteiger partial charge is 0.162 e. The summed E-state index contributed by atoms with van der Waals surface area (Å²) in [6.07, 6.45) is 0.0678. The molecule has 4 rings (SSSR count). The Bertz CT molecular complexity index is 740. The molecule has 2 heterocycles. The number of benzene rings is 2. The summed E-state index contributed by atoms with van der Waals surface area (Å²) in [6, 6.07) is 9.42. The number of hydrogen-bond acceptors (Lipinski definition) is 5. The van der Waals surface area contributed by atoms with Crippen molar-refractivity contribution in [2.45, 2.75) is 19.1 Å². The Kier molecular flexibility index (Phi) is 3.59. The van der Waals surface area contributed by atoms with Crippen LogP contribution in [-0.4, -0.2) is 30.0 Å². The highest BCUT2D eigenvalue weighted by Gasteiger charge is 2.21. The zero-order valence-corrected chi connectivity index (χ0v) is 12.6. The molecule has 5 nitrogen and oxygen atoms in total. The van der Waals surface area contributed by atoms with Crippen LogP contribution in [0.5, 0.6) is 17.2 Å². The third-order valence-corrected chi connectivity index (χ3v) is 4.27. The monoisotopic (exact) mass is 314 g/mol. The van der Waals surface area contributed by atoms with Gasteiger partial charge in [-0.3, -0.25) is 0 Å². The predicted molar refractivity (Wildman–Crippen MR) is 83.9 cm³/mol. The van der Waals surface area contributed by atoms with E-state index in [2.05, 4.69) is 0 Å². The van der Waals surface area contributed by atoms with Crippen molar-refractivity contribution < 1.29 is 24.4 Å². The first-order valence-corrected chi connectivity index (χ1v) is 7.75. The standard InChI is InChI=1S/C18H18O5/c19-10-12-8-17-18(23-6-5-22-17)9-13(12)11-1-2-16-14(7-11)15(20)3-4-21-16/h1-2,7-9,15,19-20H,3-6,10H2. The first-order valence-electron chi connectivity index (χ1n) is 7.75. The van der Waals surface area contributed by atoms with E-state index in [0.717, 1.165) is 28.0 Å². The van der Waals surface area contributed by atoms with Crippen LogP contribution in [0.3, 0.4) is 0 Å². The van der Waals surface area contributed by atoms with E-state index in [-0.39, 0.29) is 6.61 Å². The predicted octanol–water partition coefficient (Wildman–Crippen LogP) is 2.43. The first kappa shape index (κ1) is 14.4. The molecule has 2 aliphatic rings. The van der Waals surface area contributed by atoms with Crippen LogP contribution in [0.25, 0.3) is 11.1 Å². The molecule has 0 aromatic heterocycles. The van der Waals surface area contributed by atoms with Gasteiger partial charge in [-0.2, -0.15) is 0 Å².